The zero-order valence-electron chi connectivity index (χ0n) is 14.4. The Kier molecular flexibility index (Phi) is 4.20. The molecule has 0 amide bonds. The van der Waals surface area contributed by atoms with Crippen LogP contribution >= 0.6 is 0 Å². The van der Waals surface area contributed by atoms with Gasteiger partial charge in [0.05, 0.1) is 14.2 Å². The van der Waals surface area contributed by atoms with E-state index in [-0.39, 0.29) is 23.4 Å². The molecule has 132 valence electrons. The Hall–Kier alpha value is -3.09. The molecule has 2 aromatic heterocycles. The molecule has 7 heteroatoms. The molecule has 3 aromatic rings. The predicted octanol–water partition coefficient (Wildman–Crippen LogP) is 3.36. The molecule has 0 spiro atoms. The molecule has 6 nitrogen and oxygen atoms in total. The number of aromatic nitrogens is 4. The first-order valence-electron chi connectivity index (χ1n) is 8.23. The van der Waals surface area contributed by atoms with Crippen LogP contribution in [0.25, 0.3) is 11.6 Å². The molecule has 0 aliphatic heterocycles. The molecule has 0 N–H and O–H groups in total. The number of hydrogen-bond acceptors (Lipinski definition) is 6. The number of methoxy groups -OCH3 is 2. The van der Waals surface area contributed by atoms with E-state index in [2.05, 4.69) is 19.9 Å². The summed E-state index contributed by atoms with van der Waals surface area (Å²) >= 11 is 0. The number of benzene rings is 1. The minimum absolute atomic E-state index is 0.228. The van der Waals surface area contributed by atoms with E-state index in [1.165, 1.54) is 13.2 Å². The van der Waals surface area contributed by atoms with Crippen molar-refractivity contribution in [1.29, 1.82) is 0 Å². The highest BCUT2D eigenvalue weighted by atomic mass is 19.1. The third-order valence-electron chi connectivity index (χ3n) is 4.53. The summed E-state index contributed by atoms with van der Waals surface area (Å²) in [6, 6.07) is 6.72. The van der Waals surface area contributed by atoms with Crippen molar-refractivity contribution >= 4 is 0 Å². The average molecular weight is 352 g/mol. The van der Waals surface area contributed by atoms with Crippen molar-refractivity contribution in [2.24, 2.45) is 0 Å². The van der Waals surface area contributed by atoms with Crippen molar-refractivity contribution in [2.75, 3.05) is 14.2 Å². The standard InChI is InChI=1S/C19H17FN4O2/c1-25-16-8-11(4-5-15(16)20)12-9-13(12)14-10-23-18(24-19(14)26-2)17-21-6-3-7-22-17/h3-8,10,12-13H,9H2,1-2H3. The van der Waals surface area contributed by atoms with Gasteiger partial charge in [0.15, 0.2) is 17.4 Å². The lowest BCUT2D eigenvalue weighted by Crippen LogP contribution is -2.01. The van der Waals surface area contributed by atoms with E-state index in [9.17, 15) is 4.39 Å². The van der Waals surface area contributed by atoms with Gasteiger partial charge < -0.3 is 9.47 Å². The number of rotatable bonds is 5. The van der Waals surface area contributed by atoms with E-state index in [1.54, 1.807) is 43.9 Å². The van der Waals surface area contributed by atoms with Gasteiger partial charge in [-0.1, -0.05) is 6.07 Å². The third kappa shape index (κ3) is 2.96. The fourth-order valence-corrected chi connectivity index (χ4v) is 3.13. The van der Waals surface area contributed by atoms with Gasteiger partial charge in [-0.3, -0.25) is 0 Å². The molecular weight excluding hydrogens is 335 g/mol. The van der Waals surface area contributed by atoms with E-state index in [4.69, 9.17) is 9.47 Å². The summed E-state index contributed by atoms with van der Waals surface area (Å²) < 4.78 is 24.2. The Balaban J connectivity index is 1.61. The second-order valence-electron chi connectivity index (χ2n) is 6.07. The maximum atomic E-state index is 13.6. The predicted molar refractivity (Wildman–Crippen MR) is 92.7 cm³/mol. The molecular formula is C19H17FN4O2. The van der Waals surface area contributed by atoms with Crippen LogP contribution in [0.1, 0.15) is 29.4 Å². The van der Waals surface area contributed by atoms with Crippen LogP contribution in [0.15, 0.2) is 42.9 Å². The first-order chi connectivity index (χ1) is 12.7. The van der Waals surface area contributed by atoms with Crippen LogP contribution in [0.3, 0.4) is 0 Å². The van der Waals surface area contributed by atoms with Crippen molar-refractivity contribution in [3.8, 4) is 23.3 Å². The minimum Gasteiger partial charge on any atom is -0.494 e. The number of nitrogens with zero attached hydrogens (tertiary/aromatic N) is 4. The van der Waals surface area contributed by atoms with Crippen LogP contribution < -0.4 is 9.47 Å². The lowest BCUT2D eigenvalue weighted by atomic mass is 10.1. The molecule has 0 bridgehead atoms. The number of ether oxygens (including phenoxy) is 2. The van der Waals surface area contributed by atoms with Crippen LogP contribution in [0.5, 0.6) is 11.6 Å². The first-order valence-corrected chi connectivity index (χ1v) is 8.23. The fourth-order valence-electron chi connectivity index (χ4n) is 3.13. The Bertz CT molecular complexity index is 936. The van der Waals surface area contributed by atoms with Crippen LogP contribution in [-0.4, -0.2) is 34.2 Å². The highest BCUT2D eigenvalue weighted by molar-refractivity contribution is 5.48. The monoisotopic (exact) mass is 352 g/mol. The van der Waals surface area contributed by atoms with Crippen LogP contribution in [0.4, 0.5) is 4.39 Å². The molecule has 1 aromatic carbocycles. The van der Waals surface area contributed by atoms with Crippen LogP contribution in [0, 0.1) is 5.82 Å². The summed E-state index contributed by atoms with van der Waals surface area (Å²) in [5.74, 6) is 1.78. The molecule has 1 aliphatic carbocycles. The lowest BCUT2D eigenvalue weighted by Gasteiger charge is -2.09. The van der Waals surface area contributed by atoms with Gasteiger partial charge in [0.25, 0.3) is 0 Å². The van der Waals surface area contributed by atoms with Crippen LogP contribution in [0.2, 0.25) is 0 Å². The molecule has 1 fully saturated rings. The average Bonchev–Trinajstić information content (AvgIpc) is 3.49. The van der Waals surface area contributed by atoms with E-state index in [1.807, 2.05) is 0 Å². The molecule has 0 saturated heterocycles. The highest BCUT2D eigenvalue weighted by Crippen LogP contribution is 2.56. The largest absolute Gasteiger partial charge is 0.494 e. The fraction of sp³-hybridized carbons (Fsp3) is 0.263. The molecule has 2 atom stereocenters. The number of hydrogen-bond donors (Lipinski definition) is 0. The zero-order valence-corrected chi connectivity index (χ0v) is 14.4. The third-order valence-corrected chi connectivity index (χ3v) is 4.53. The smallest absolute Gasteiger partial charge is 0.220 e. The van der Waals surface area contributed by atoms with Crippen molar-refractivity contribution < 1.29 is 13.9 Å². The van der Waals surface area contributed by atoms with Gasteiger partial charge in [-0.2, -0.15) is 4.98 Å². The summed E-state index contributed by atoms with van der Waals surface area (Å²) in [7, 11) is 3.05. The quantitative estimate of drug-likeness (QED) is 0.701. The Morgan fingerprint density at radius 3 is 2.54 bits per heavy atom. The van der Waals surface area contributed by atoms with E-state index in [0.717, 1.165) is 17.5 Å². The molecule has 0 radical (unpaired) electrons. The summed E-state index contributed by atoms with van der Waals surface area (Å²) in [5, 5.41) is 0. The summed E-state index contributed by atoms with van der Waals surface area (Å²) in [6.45, 7) is 0. The molecule has 26 heavy (non-hydrogen) atoms. The Labute approximate surface area is 150 Å². The van der Waals surface area contributed by atoms with Crippen molar-refractivity contribution in [2.45, 2.75) is 18.3 Å². The van der Waals surface area contributed by atoms with Gasteiger partial charge >= 0.3 is 0 Å². The lowest BCUT2D eigenvalue weighted by molar-refractivity contribution is 0.386. The maximum absolute atomic E-state index is 13.6. The van der Waals surface area contributed by atoms with E-state index < -0.39 is 0 Å². The topological polar surface area (TPSA) is 70.0 Å². The highest BCUT2D eigenvalue weighted by Gasteiger charge is 2.42. The van der Waals surface area contributed by atoms with Crippen molar-refractivity contribution in [3.05, 3.63) is 59.8 Å². The minimum atomic E-state index is -0.360. The molecule has 2 heterocycles. The maximum Gasteiger partial charge on any atom is 0.220 e. The molecule has 2 unspecified atom stereocenters. The van der Waals surface area contributed by atoms with E-state index in [0.29, 0.717) is 17.5 Å². The normalized spacial score (nSPS) is 18.4. The first kappa shape index (κ1) is 16.4. The Morgan fingerprint density at radius 1 is 1.00 bits per heavy atom. The van der Waals surface area contributed by atoms with E-state index >= 15 is 0 Å². The SMILES string of the molecule is COc1cc(C2CC2c2cnc(-c3ncccn3)nc2OC)ccc1F. The van der Waals surface area contributed by atoms with Crippen molar-refractivity contribution in [3.63, 3.8) is 0 Å². The molecule has 4 rings (SSSR count). The molecule has 1 aliphatic rings. The summed E-state index contributed by atoms with van der Waals surface area (Å²) in [4.78, 5) is 17.2. The summed E-state index contributed by atoms with van der Waals surface area (Å²) in [6.07, 6.45) is 5.98. The second kappa shape index (κ2) is 6.67. The van der Waals surface area contributed by atoms with Crippen LogP contribution in [-0.2, 0) is 0 Å². The molecule has 1 saturated carbocycles. The van der Waals surface area contributed by atoms with Crippen molar-refractivity contribution in [1.82, 2.24) is 19.9 Å². The van der Waals surface area contributed by atoms with Gasteiger partial charge in [0.1, 0.15) is 0 Å². The number of halogens is 1. The summed E-state index contributed by atoms with van der Waals surface area (Å²) in [5.41, 5.74) is 1.96. The van der Waals surface area contributed by atoms with Gasteiger partial charge in [0.2, 0.25) is 11.7 Å². The van der Waals surface area contributed by atoms with Gasteiger partial charge in [0, 0.05) is 24.2 Å². The van der Waals surface area contributed by atoms with Gasteiger partial charge in [-0.05, 0) is 42.0 Å². The second-order valence-corrected chi connectivity index (χ2v) is 6.07. The van der Waals surface area contributed by atoms with Gasteiger partial charge in [-0.25, -0.2) is 19.3 Å². The zero-order chi connectivity index (χ0) is 18.1. The Morgan fingerprint density at radius 2 is 1.81 bits per heavy atom. The van der Waals surface area contributed by atoms with Gasteiger partial charge in [-0.15, -0.1) is 0 Å².